The second kappa shape index (κ2) is 5.08. The first kappa shape index (κ1) is 14.5. The minimum Gasteiger partial charge on any atom is -0.326 e. The van der Waals surface area contributed by atoms with Crippen molar-refractivity contribution in [1.82, 2.24) is 4.72 Å². The van der Waals surface area contributed by atoms with E-state index in [2.05, 4.69) is 4.72 Å². The Kier molecular flexibility index (Phi) is 3.51. The predicted molar refractivity (Wildman–Crippen MR) is 79.5 cm³/mol. The lowest BCUT2D eigenvalue weighted by Crippen LogP contribution is -2.34. The standard InChI is InChI=1S/C14H19N3O3S/c1-9(18)17-6-2-3-10-7-11(4-5-14(10)17)21(19,20)16-13-8-12(13)15/h4-5,7,12-13,16H,2-3,6,8,15H2,1H3. The lowest BCUT2D eigenvalue weighted by Gasteiger charge is -2.28. The molecule has 6 nitrogen and oxygen atoms in total. The number of aryl methyl sites for hydroxylation is 1. The molecule has 3 rings (SSSR count). The van der Waals surface area contributed by atoms with Gasteiger partial charge in [0.15, 0.2) is 0 Å². The smallest absolute Gasteiger partial charge is 0.240 e. The number of amides is 1. The van der Waals surface area contributed by atoms with Crippen molar-refractivity contribution in [3.05, 3.63) is 23.8 Å². The van der Waals surface area contributed by atoms with Gasteiger partial charge < -0.3 is 10.6 Å². The molecule has 2 aliphatic rings. The van der Waals surface area contributed by atoms with Crippen molar-refractivity contribution in [3.8, 4) is 0 Å². The maximum absolute atomic E-state index is 12.3. The molecule has 21 heavy (non-hydrogen) atoms. The average Bonchev–Trinajstić information content (AvgIpc) is 3.11. The Morgan fingerprint density at radius 3 is 2.76 bits per heavy atom. The number of fused-ring (bicyclic) bond motifs is 1. The van der Waals surface area contributed by atoms with E-state index in [1.165, 1.54) is 6.92 Å². The van der Waals surface area contributed by atoms with Gasteiger partial charge in [0.05, 0.1) is 4.90 Å². The summed E-state index contributed by atoms with van der Waals surface area (Å²) in [6.45, 7) is 2.21. The van der Waals surface area contributed by atoms with E-state index in [9.17, 15) is 13.2 Å². The van der Waals surface area contributed by atoms with Crippen molar-refractivity contribution in [1.29, 1.82) is 0 Å². The highest BCUT2D eigenvalue weighted by atomic mass is 32.2. The lowest BCUT2D eigenvalue weighted by atomic mass is 10.0. The van der Waals surface area contributed by atoms with Crippen LogP contribution < -0.4 is 15.4 Å². The molecule has 1 aliphatic heterocycles. The van der Waals surface area contributed by atoms with Crippen LogP contribution in [0.2, 0.25) is 0 Å². The number of nitrogens with zero attached hydrogens (tertiary/aromatic N) is 1. The average molecular weight is 309 g/mol. The summed E-state index contributed by atoms with van der Waals surface area (Å²) in [6.07, 6.45) is 2.31. The Hall–Kier alpha value is -1.44. The molecule has 7 heteroatoms. The Balaban J connectivity index is 1.90. The van der Waals surface area contributed by atoms with Gasteiger partial charge in [0.2, 0.25) is 15.9 Å². The van der Waals surface area contributed by atoms with Crippen LogP contribution in [-0.4, -0.2) is 33.0 Å². The maximum Gasteiger partial charge on any atom is 0.240 e. The minimum absolute atomic E-state index is 0.0198. The lowest BCUT2D eigenvalue weighted by molar-refractivity contribution is -0.116. The minimum atomic E-state index is -3.53. The molecule has 0 aromatic heterocycles. The summed E-state index contributed by atoms with van der Waals surface area (Å²) in [6, 6.07) is 4.71. The number of nitrogens with two attached hydrogens (primary N) is 1. The molecule has 2 atom stereocenters. The SMILES string of the molecule is CC(=O)N1CCCc2cc(S(=O)(=O)NC3CC3N)ccc21. The first-order valence-corrected chi connectivity index (χ1v) is 8.56. The number of sulfonamides is 1. The molecular weight excluding hydrogens is 290 g/mol. The van der Waals surface area contributed by atoms with E-state index in [4.69, 9.17) is 5.73 Å². The number of rotatable bonds is 3. The summed E-state index contributed by atoms with van der Waals surface area (Å²) in [5.74, 6) is -0.0198. The number of hydrogen-bond donors (Lipinski definition) is 2. The molecule has 0 bridgehead atoms. The molecule has 1 aliphatic carbocycles. The Morgan fingerprint density at radius 1 is 1.43 bits per heavy atom. The monoisotopic (exact) mass is 309 g/mol. The van der Waals surface area contributed by atoms with Crippen molar-refractivity contribution >= 4 is 21.6 Å². The van der Waals surface area contributed by atoms with Crippen molar-refractivity contribution in [2.75, 3.05) is 11.4 Å². The van der Waals surface area contributed by atoms with Crippen molar-refractivity contribution in [2.24, 2.45) is 5.73 Å². The molecule has 0 spiro atoms. The van der Waals surface area contributed by atoms with E-state index in [-0.39, 0.29) is 22.9 Å². The second-order valence-electron chi connectivity index (χ2n) is 5.69. The summed E-state index contributed by atoms with van der Waals surface area (Å²) in [5.41, 5.74) is 7.36. The zero-order chi connectivity index (χ0) is 15.2. The van der Waals surface area contributed by atoms with Gasteiger partial charge in [-0.05, 0) is 43.0 Å². The quantitative estimate of drug-likeness (QED) is 0.843. The largest absolute Gasteiger partial charge is 0.326 e. The Morgan fingerprint density at radius 2 is 2.14 bits per heavy atom. The summed E-state index contributed by atoms with van der Waals surface area (Å²) >= 11 is 0. The van der Waals surface area contributed by atoms with Gasteiger partial charge in [-0.15, -0.1) is 0 Å². The van der Waals surface area contributed by atoms with Crippen LogP contribution >= 0.6 is 0 Å². The van der Waals surface area contributed by atoms with Crippen LogP contribution in [0.1, 0.15) is 25.3 Å². The molecule has 114 valence electrons. The third-order valence-corrected chi connectivity index (χ3v) is 5.49. The van der Waals surface area contributed by atoms with Crippen LogP contribution in [0.4, 0.5) is 5.69 Å². The molecule has 1 saturated carbocycles. The molecule has 2 unspecified atom stereocenters. The van der Waals surface area contributed by atoms with Gasteiger partial charge in [-0.2, -0.15) is 0 Å². The fourth-order valence-electron chi connectivity index (χ4n) is 2.69. The van der Waals surface area contributed by atoms with Crippen molar-refractivity contribution < 1.29 is 13.2 Å². The summed E-state index contributed by atoms with van der Waals surface area (Å²) in [7, 11) is -3.53. The highest BCUT2D eigenvalue weighted by Crippen LogP contribution is 2.30. The summed E-state index contributed by atoms with van der Waals surface area (Å²) in [4.78, 5) is 13.6. The van der Waals surface area contributed by atoms with E-state index >= 15 is 0 Å². The van der Waals surface area contributed by atoms with Crippen LogP contribution in [0, 0.1) is 0 Å². The molecule has 1 amide bonds. The first-order chi connectivity index (χ1) is 9.88. The van der Waals surface area contributed by atoms with Crippen LogP contribution in [0.25, 0.3) is 0 Å². The molecule has 3 N–H and O–H groups in total. The highest BCUT2D eigenvalue weighted by Gasteiger charge is 2.37. The fraction of sp³-hybridized carbons (Fsp3) is 0.500. The summed E-state index contributed by atoms with van der Waals surface area (Å²) < 4.78 is 27.2. The molecule has 1 heterocycles. The van der Waals surface area contributed by atoms with Gasteiger partial charge in [-0.25, -0.2) is 13.1 Å². The van der Waals surface area contributed by atoms with Crippen LogP contribution in [-0.2, 0) is 21.2 Å². The van der Waals surface area contributed by atoms with Crippen molar-refractivity contribution in [3.63, 3.8) is 0 Å². The number of hydrogen-bond acceptors (Lipinski definition) is 4. The predicted octanol–water partition coefficient (Wildman–Crippen LogP) is 0.364. The van der Waals surface area contributed by atoms with Gasteiger partial charge in [0, 0.05) is 31.2 Å². The second-order valence-corrected chi connectivity index (χ2v) is 7.41. The van der Waals surface area contributed by atoms with Gasteiger partial charge in [0.25, 0.3) is 0 Å². The molecule has 1 aromatic carbocycles. The highest BCUT2D eigenvalue weighted by molar-refractivity contribution is 7.89. The van der Waals surface area contributed by atoms with Gasteiger partial charge in [-0.3, -0.25) is 4.79 Å². The topological polar surface area (TPSA) is 92.5 Å². The number of nitrogens with one attached hydrogen (secondary N) is 1. The molecule has 0 radical (unpaired) electrons. The Bertz CT molecular complexity index is 687. The number of carbonyl (C=O) groups is 1. The Labute approximate surface area is 124 Å². The number of carbonyl (C=O) groups excluding carboxylic acids is 1. The zero-order valence-electron chi connectivity index (χ0n) is 11.9. The van der Waals surface area contributed by atoms with E-state index in [1.807, 2.05) is 0 Å². The fourth-order valence-corrected chi connectivity index (χ4v) is 4.04. The van der Waals surface area contributed by atoms with E-state index in [1.54, 1.807) is 23.1 Å². The third-order valence-electron chi connectivity index (χ3n) is 4.01. The molecule has 0 saturated heterocycles. The van der Waals surface area contributed by atoms with Gasteiger partial charge in [0.1, 0.15) is 0 Å². The van der Waals surface area contributed by atoms with Gasteiger partial charge >= 0.3 is 0 Å². The maximum atomic E-state index is 12.3. The molecule has 1 aromatic rings. The van der Waals surface area contributed by atoms with Crippen LogP contribution in [0.5, 0.6) is 0 Å². The number of benzene rings is 1. The zero-order valence-corrected chi connectivity index (χ0v) is 12.7. The van der Waals surface area contributed by atoms with Gasteiger partial charge in [-0.1, -0.05) is 0 Å². The molecule has 1 fully saturated rings. The third kappa shape index (κ3) is 2.81. The molecular formula is C14H19N3O3S. The normalized spacial score (nSPS) is 24.6. The van der Waals surface area contributed by atoms with Crippen molar-refractivity contribution in [2.45, 2.75) is 43.2 Å². The van der Waals surface area contributed by atoms with E-state index < -0.39 is 10.0 Å². The van der Waals surface area contributed by atoms with E-state index in [0.717, 1.165) is 24.1 Å². The van der Waals surface area contributed by atoms with Crippen LogP contribution in [0.3, 0.4) is 0 Å². The van der Waals surface area contributed by atoms with E-state index in [0.29, 0.717) is 13.0 Å². The van der Waals surface area contributed by atoms with Crippen LogP contribution in [0.15, 0.2) is 23.1 Å². The first-order valence-electron chi connectivity index (χ1n) is 7.07. The number of anilines is 1. The summed E-state index contributed by atoms with van der Waals surface area (Å²) in [5, 5.41) is 0.